The minimum atomic E-state index is -4.57. The van der Waals surface area contributed by atoms with Crippen LogP contribution < -0.4 is 4.72 Å². The number of benzene rings is 2. The van der Waals surface area contributed by atoms with Crippen molar-refractivity contribution in [3.8, 4) is 11.3 Å². The number of alkyl halides is 3. The van der Waals surface area contributed by atoms with Crippen LogP contribution in [-0.4, -0.2) is 18.2 Å². The maximum atomic E-state index is 12.9. The first-order chi connectivity index (χ1) is 13.1. The van der Waals surface area contributed by atoms with E-state index in [1.807, 2.05) is 13.8 Å². The van der Waals surface area contributed by atoms with E-state index in [0.717, 1.165) is 18.2 Å². The minimum absolute atomic E-state index is 0.0973. The Bertz CT molecular complexity index is 1080. The van der Waals surface area contributed by atoms with Gasteiger partial charge in [-0.1, -0.05) is 36.4 Å². The quantitative estimate of drug-likeness (QED) is 0.648. The van der Waals surface area contributed by atoms with E-state index in [9.17, 15) is 21.6 Å². The molecule has 148 valence electrons. The highest BCUT2D eigenvalue weighted by Crippen LogP contribution is 2.32. The fourth-order valence-corrected chi connectivity index (χ4v) is 3.81. The molecule has 0 saturated heterocycles. The summed E-state index contributed by atoms with van der Waals surface area (Å²) < 4.78 is 68.4. The standard InChI is InChI=1S/C19H18F3N3O2S/c1-13(2)25-12-17(18(23-25)14-7-4-3-5-8-14)28(26,27)24-16-10-6-9-15(11-16)19(20,21)22/h3-13,24H,1-2H3. The molecule has 0 saturated carbocycles. The van der Waals surface area contributed by atoms with Crippen LogP contribution >= 0.6 is 0 Å². The molecule has 3 rings (SSSR count). The number of hydrogen-bond acceptors (Lipinski definition) is 3. The smallest absolute Gasteiger partial charge is 0.280 e. The maximum Gasteiger partial charge on any atom is 0.416 e. The molecule has 0 aliphatic carbocycles. The summed E-state index contributed by atoms with van der Waals surface area (Å²) in [7, 11) is -4.17. The van der Waals surface area contributed by atoms with Crippen molar-refractivity contribution in [2.24, 2.45) is 0 Å². The highest BCUT2D eigenvalue weighted by atomic mass is 32.2. The summed E-state index contributed by atoms with van der Waals surface area (Å²) in [5.41, 5.74) is -0.292. The molecule has 0 spiro atoms. The second-order valence-corrected chi connectivity index (χ2v) is 8.12. The first kappa shape index (κ1) is 19.9. The van der Waals surface area contributed by atoms with Gasteiger partial charge in [-0.3, -0.25) is 9.40 Å². The molecule has 9 heteroatoms. The van der Waals surface area contributed by atoms with Crippen molar-refractivity contribution in [1.29, 1.82) is 0 Å². The van der Waals surface area contributed by atoms with Gasteiger partial charge in [0.15, 0.2) is 0 Å². The predicted molar refractivity (Wildman–Crippen MR) is 100 cm³/mol. The Morgan fingerprint density at radius 1 is 1.04 bits per heavy atom. The van der Waals surface area contributed by atoms with E-state index >= 15 is 0 Å². The number of rotatable bonds is 5. The van der Waals surface area contributed by atoms with E-state index in [4.69, 9.17) is 0 Å². The molecule has 0 amide bonds. The summed E-state index contributed by atoms with van der Waals surface area (Å²) in [4.78, 5) is -0.107. The number of halogens is 3. The zero-order chi connectivity index (χ0) is 20.5. The van der Waals surface area contributed by atoms with E-state index in [1.165, 1.54) is 16.9 Å². The third-order valence-corrected chi connectivity index (χ3v) is 5.39. The normalized spacial score (nSPS) is 12.4. The van der Waals surface area contributed by atoms with Crippen LogP contribution in [0.2, 0.25) is 0 Å². The molecule has 0 radical (unpaired) electrons. The summed E-state index contributed by atoms with van der Waals surface area (Å²) in [6.45, 7) is 3.69. The van der Waals surface area contributed by atoms with Crippen molar-refractivity contribution in [3.05, 3.63) is 66.4 Å². The molecule has 3 aromatic rings. The predicted octanol–water partition coefficient (Wildman–Crippen LogP) is 4.95. The van der Waals surface area contributed by atoms with Crippen molar-refractivity contribution >= 4 is 15.7 Å². The second-order valence-electron chi connectivity index (χ2n) is 6.47. The molecule has 28 heavy (non-hydrogen) atoms. The van der Waals surface area contributed by atoms with E-state index in [-0.39, 0.29) is 22.3 Å². The zero-order valence-corrected chi connectivity index (χ0v) is 15.9. The maximum absolute atomic E-state index is 12.9. The van der Waals surface area contributed by atoms with Gasteiger partial charge in [0, 0.05) is 23.5 Å². The van der Waals surface area contributed by atoms with Crippen molar-refractivity contribution in [1.82, 2.24) is 9.78 Å². The van der Waals surface area contributed by atoms with Crippen LogP contribution in [0.4, 0.5) is 18.9 Å². The van der Waals surface area contributed by atoms with Crippen LogP contribution in [0.15, 0.2) is 65.7 Å². The Morgan fingerprint density at radius 3 is 2.32 bits per heavy atom. The van der Waals surface area contributed by atoms with Gasteiger partial charge in [0.1, 0.15) is 10.6 Å². The van der Waals surface area contributed by atoms with Crippen molar-refractivity contribution in [2.75, 3.05) is 4.72 Å². The van der Waals surface area contributed by atoms with Gasteiger partial charge in [0.25, 0.3) is 10.0 Å². The van der Waals surface area contributed by atoms with Crippen molar-refractivity contribution < 1.29 is 21.6 Å². The number of anilines is 1. The van der Waals surface area contributed by atoms with Gasteiger partial charge in [-0.05, 0) is 32.0 Å². The average molecular weight is 409 g/mol. The van der Waals surface area contributed by atoms with Crippen molar-refractivity contribution in [2.45, 2.75) is 31.0 Å². The fraction of sp³-hybridized carbons (Fsp3) is 0.211. The average Bonchev–Trinajstić information content (AvgIpc) is 3.08. The fourth-order valence-electron chi connectivity index (χ4n) is 2.60. The molecule has 0 unspecified atom stereocenters. The Hall–Kier alpha value is -2.81. The van der Waals surface area contributed by atoms with Gasteiger partial charge in [-0.2, -0.15) is 18.3 Å². The van der Waals surface area contributed by atoms with Crippen LogP contribution in [0.25, 0.3) is 11.3 Å². The van der Waals surface area contributed by atoms with Gasteiger partial charge >= 0.3 is 6.18 Å². The van der Waals surface area contributed by atoms with Crippen LogP contribution in [0.3, 0.4) is 0 Å². The SMILES string of the molecule is CC(C)n1cc(S(=O)(=O)Nc2cccc(C(F)(F)F)c2)c(-c2ccccc2)n1. The van der Waals surface area contributed by atoms with E-state index in [1.54, 1.807) is 30.3 Å². The Balaban J connectivity index is 2.05. The van der Waals surface area contributed by atoms with Gasteiger partial charge < -0.3 is 0 Å². The molecular formula is C19H18F3N3O2S. The lowest BCUT2D eigenvalue weighted by molar-refractivity contribution is -0.137. The van der Waals surface area contributed by atoms with Gasteiger partial charge in [-0.25, -0.2) is 8.42 Å². The molecule has 0 aliphatic heterocycles. The molecule has 1 aromatic heterocycles. The highest BCUT2D eigenvalue weighted by Gasteiger charge is 2.31. The Kier molecular flexibility index (Phi) is 5.20. The summed E-state index contributed by atoms with van der Waals surface area (Å²) in [6, 6.07) is 12.7. The summed E-state index contributed by atoms with van der Waals surface area (Å²) in [5, 5.41) is 4.36. The number of hydrogen-bond donors (Lipinski definition) is 1. The van der Waals surface area contributed by atoms with Crippen LogP contribution in [0.5, 0.6) is 0 Å². The lowest BCUT2D eigenvalue weighted by Crippen LogP contribution is -2.14. The summed E-state index contributed by atoms with van der Waals surface area (Å²) >= 11 is 0. The Labute approximate surface area is 160 Å². The summed E-state index contributed by atoms with van der Waals surface area (Å²) in [6.07, 6.45) is -3.19. The van der Waals surface area contributed by atoms with E-state index in [0.29, 0.717) is 5.56 Å². The molecule has 0 atom stereocenters. The third kappa shape index (κ3) is 4.19. The second kappa shape index (κ2) is 7.31. The number of nitrogens with one attached hydrogen (secondary N) is 1. The molecule has 1 N–H and O–H groups in total. The highest BCUT2D eigenvalue weighted by molar-refractivity contribution is 7.92. The van der Waals surface area contributed by atoms with Gasteiger partial charge in [-0.15, -0.1) is 0 Å². The van der Waals surface area contributed by atoms with Gasteiger partial charge in [0.05, 0.1) is 5.56 Å². The van der Waals surface area contributed by atoms with Gasteiger partial charge in [0.2, 0.25) is 0 Å². The van der Waals surface area contributed by atoms with E-state index in [2.05, 4.69) is 9.82 Å². The molecule has 0 bridgehead atoms. The zero-order valence-electron chi connectivity index (χ0n) is 15.1. The largest absolute Gasteiger partial charge is 0.416 e. The minimum Gasteiger partial charge on any atom is -0.280 e. The van der Waals surface area contributed by atoms with Crippen LogP contribution in [-0.2, 0) is 16.2 Å². The summed E-state index contributed by atoms with van der Waals surface area (Å²) in [5.74, 6) is 0. The van der Waals surface area contributed by atoms with E-state index < -0.39 is 21.8 Å². The monoisotopic (exact) mass is 409 g/mol. The Morgan fingerprint density at radius 2 is 1.71 bits per heavy atom. The third-order valence-electron chi connectivity index (χ3n) is 4.01. The van der Waals surface area contributed by atoms with Crippen LogP contribution in [0.1, 0.15) is 25.5 Å². The molecule has 0 fully saturated rings. The van der Waals surface area contributed by atoms with Crippen molar-refractivity contribution in [3.63, 3.8) is 0 Å². The first-order valence-corrected chi connectivity index (χ1v) is 9.91. The molecular weight excluding hydrogens is 391 g/mol. The number of nitrogens with zero attached hydrogens (tertiary/aromatic N) is 2. The number of aromatic nitrogens is 2. The first-order valence-electron chi connectivity index (χ1n) is 8.42. The molecule has 2 aromatic carbocycles. The lowest BCUT2D eigenvalue weighted by atomic mass is 10.2. The lowest BCUT2D eigenvalue weighted by Gasteiger charge is -2.11. The topological polar surface area (TPSA) is 64.0 Å². The molecule has 1 heterocycles. The van der Waals surface area contributed by atoms with Crippen LogP contribution in [0, 0.1) is 0 Å². The molecule has 0 aliphatic rings. The number of sulfonamides is 1. The molecule has 5 nitrogen and oxygen atoms in total.